The molecule has 1 aliphatic rings. The van der Waals surface area contributed by atoms with E-state index >= 15 is 0 Å². The van der Waals surface area contributed by atoms with Gasteiger partial charge in [0.05, 0.1) is 24.1 Å². The summed E-state index contributed by atoms with van der Waals surface area (Å²) in [6.45, 7) is 4.05. The Balaban J connectivity index is 1.47. The van der Waals surface area contributed by atoms with Crippen LogP contribution in [0, 0.1) is 5.92 Å². The van der Waals surface area contributed by atoms with Crippen molar-refractivity contribution in [2.24, 2.45) is 5.92 Å². The number of nitrogens with zero attached hydrogens (tertiary/aromatic N) is 1. The number of esters is 2. The molecular formula is C27H32N2O6. The van der Waals surface area contributed by atoms with Gasteiger partial charge in [0.15, 0.2) is 6.61 Å². The first-order chi connectivity index (χ1) is 16.9. The van der Waals surface area contributed by atoms with Crippen LogP contribution in [0.4, 0.5) is 5.69 Å². The predicted molar refractivity (Wildman–Crippen MR) is 131 cm³/mol. The number of rotatable bonds is 11. The molecule has 3 rings (SSSR count). The van der Waals surface area contributed by atoms with Gasteiger partial charge in [0, 0.05) is 18.7 Å². The highest BCUT2D eigenvalue weighted by molar-refractivity contribution is 6.00. The van der Waals surface area contributed by atoms with Gasteiger partial charge in [0.2, 0.25) is 5.91 Å². The van der Waals surface area contributed by atoms with E-state index in [1.54, 1.807) is 24.3 Å². The number of ether oxygens (including phenoxy) is 2. The number of nitrogens with one attached hydrogen (secondary N) is 1. The highest BCUT2D eigenvalue weighted by atomic mass is 16.5. The summed E-state index contributed by atoms with van der Waals surface area (Å²) in [5.74, 6) is -2.28. The number of anilines is 1. The zero-order valence-electron chi connectivity index (χ0n) is 20.2. The minimum absolute atomic E-state index is 0.00208. The second kappa shape index (κ2) is 12.7. The van der Waals surface area contributed by atoms with Crippen LogP contribution < -0.4 is 10.2 Å². The Labute approximate surface area is 205 Å². The minimum atomic E-state index is -0.662. The van der Waals surface area contributed by atoms with Gasteiger partial charge in [-0.15, -0.1) is 0 Å². The molecule has 1 N–H and O–H groups in total. The summed E-state index contributed by atoms with van der Waals surface area (Å²) in [7, 11) is 0. The van der Waals surface area contributed by atoms with Gasteiger partial charge in [-0.2, -0.15) is 0 Å². The number of carbonyl (C=O) groups is 4. The van der Waals surface area contributed by atoms with E-state index in [0.29, 0.717) is 17.9 Å². The molecule has 1 heterocycles. The summed E-state index contributed by atoms with van der Waals surface area (Å²) in [5, 5.41) is 2.79. The van der Waals surface area contributed by atoms with Gasteiger partial charge in [-0.05, 0) is 43.2 Å². The van der Waals surface area contributed by atoms with Gasteiger partial charge < -0.3 is 19.7 Å². The van der Waals surface area contributed by atoms with Gasteiger partial charge in [-0.1, -0.05) is 50.1 Å². The van der Waals surface area contributed by atoms with E-state index in [0.717, 1.165) is 24.8 Å². The molecule has 2 amide bonds. The fourth-order valence-electron chi connectivity index (χ4n) is 3.86. The van der Waals surface area contributed by atoms with E-state index in [1.807, 2.05) is 37.3 Å². The fraction of sp³-hybridized carbons (Fsp3) is 0.407. The number of benzene rings is 2. The smallest absolute Gasteiger partial charge is 0.338 e. The topological polar surface area (TPSA) is 102 Å². The van der Waals surface area contributed by atoms with E-state index in [1.165, 1.54) is 4.90 Å². The van der Waals surface area contributed by atoms with E-state index in [2.05, 4.69) is 12.2 Å². The van der Waals surface area contributed by atoms with E-state index < -0.39 is 30.4 Å². The molecule has 2 aromatic rings. The molecule has 0 saturated carbocycles. The Morgan fingerprint density at radius 2 is 1.74 bits per heavy atom. The van der Waals surface area contributed by atoms with E-state index in [9.17, 15) is 19.2 Å². The highest BCUT2D eigenvalue weighted by Gasteiger charge is 2.36. The van der Waals surface area contributed by atoms with Crippen LogP contribution in [0.25, 0.3) is 0 Å². The van der Waals surface area contributed by atoms with Crippen LogP contribution in [0.1, 0.15) is 61.5 Å². The SMILES string of the molecule is CCCCCOC(=O)c1ccc(N2C[C@@H](C(=O)OCC(=O)N[C@H](C)c3ccccc3)CC2=O)cc1. The lowest BCUT2D eigenvalue weighted by Crippen LogP contribution is -2.32. The zero-order valence-corrected chi connectivity index (χ0v) is 20.2. The van der Waals surface area contributed by atoms with Crippen molar-refractivity contribution in [2.75, 3.05) is 24.7 Å². The minimum Gasteiger partial charge on any atom is -0.462 e. The lowest BCUT2D eigenvalue weighted by Gasteiger charge is -2.17. The van der Waals surface area contributed by atoms with Gasteiger partial charge in [-0.25, -0.2) is 4.79 Å². The molecular weight excluding hydrogens is 448 g/mol. The van der Waals surface area contributed by atoms with Crippen molar-refractivity contribution in [3.8, 4) is 0 Å². The highest BCUT2D eigenvalue weighted by Crippen LogP contribution is 2.26. The molecule has 1 saturated heterocycles. The first-order valence-corrected chi connectivity index (χ1v) is 12.0. The summed E-state index contributed by atoms with van der Waals surface area (Å²) in [5.41, 5.74) is 1.94. The molecule has 0 aliphatic carbocycles. The van der Waals surface area contributed by atoms with Crippen molar-refractivity contribution in [3.63, 3.8) is 0 Å². The van der Waals surface area contributed by atoms with Crippen LogP contribution in [0.5, 0.6) is 0 Å². The standard InChI is InChI=1S/C27H32N2O6/c1-3-4-8-15-34-26(32)21-11-13-23(14-12-21)29-17-22(16-25(29)31)27(33)35-18-24(30)28-19(2)20-9-6-5-7-10-20/h5-7,9-14,19,22H,3-4,8,15-18H2,1-2H3,(H,28,30)/t19-,22+/m1/s1. The number of unbranched alkanes of at least 4 members (excludes halogenated alkanes) is 2. The third-order valence-electron chi connectivity index (χ3n) is 5.88. The van der Waals surface area contributed by atoms with Gasteiger partial charge in [-0.3, -0.25) is 14.4 Å². The number of carbonyl (C=O) groups excluding carboxylic acids is 4. The van der Waals surface area contributed by atoms with Crippen molar-refractivity contribution in [1.82, 2.24) is 5.32 Å². The van der Waals surface area contributed by atoms with Gasteiger partial charge in [0.1, 0.15) is 0 Å². The predicted octanol–water partition coefficient (Wildman–Crippen LogP) is 3.81. The Morgan fingerprint density at radius 1 is 1.03 bits per heavy atom. The lowest BCUT2D eigenvalue weighted by molar-refractivity contribution is -0.152. The molecule has 8 heteroatoms. The molecule has 0 aromatic heterocycles. The fourth-order valence-corrected chi connectivity index (χ4v) is 3.86. The molecule has 1 aliphatic heterocycles. The second-order valence-electron chi connectivity index (χ2n) is 8.60. The van der Waals surface area contributed by atoms with E-state index in [4.69, 9.17) is 9.47 Å². The maximum Gasteiger partial charge on any atom is 0.338 e. The Morgan fingerprint density at radius 3 is 2.43 bits per heavy atom. The molecule has 35 heavy (non-hydrogen) atoms. The molecule has 0 unspecified atom stereocenters. The van der Waals surface area contributed by atoms with Crippen molar-refractivity contribution in [3.05, 3.63) is 65.7 Å². The first kappa shape index (κ1) is 25.9. The maximum absolute atomic E-state index is 12.5. The van der Waals surface area contributed by atoms with Crippen LogP contribution >= 0.6 is 0 Å². The summed E-state index contributed by atoms with van der Waals surface area (Å²) < 4.78 is 10.4. The molecule has 0 spiro atoms. The first-order valence-electron chi connectivity index (χ1n) is 12.0. The Kier molecular flexibility index (Phi) is 9.40. The van der Waals surface area contributed by atoms with Crippen molar-refractivity contribution in [2.45, 2.75) is 45.6 Å². The third-order valence-corrected chi connectivity index (χ3v) is 5.88. The molecule has 8 nitrogen and oxygen atoms in total. The third kappa shape index (κ3) is 7.40. The van der Waals surface area contributed by atoms with Gasteiger partial charge >= 0.3 is 11.9 Å². The summed E-state index contributed by atoms with van der Waals surface area (Å²) >= 11 is 0. The maximum atomic E-state index is 12.5. The van der Waals surface area contributed by atoms with Crippen LogP contribution in [0.2, 0.25) is 0 Å². The van der Waals surface area contributed by atoms with Crippen LogP contribution in [0.3, 0.4) is 0 Å². The molecule has 1 fully saturated rings. The number of hydrogen-bond acceptors (Lipinski definition) is 6. The molecule has 186 valence electrons. The van der Waals surface area contributed by atoms with Gasteiger partial charge in [0.25, 0.3) is 5.91 Å². The van der Waals surface area contributed by atoms with Crippen LogP contribution in [-0.2, 0) is 23.9 Å². The molecule has 0 bridgehead atoms. The second-order valence-corrected chi connectivity index (χ2v) is 8.60. The van der Waals surface area contributed by atoms with Crippen molar-refractivity contribution >= 4 is 29.4 Å². The number of amides is 2. The molecule has 0 radical (unpaired) electrons. The monoisotopic (exact) mass is 480 g/mol. The average molecular weight is 481 g/mol. The van der Waals surface area contributed by atoms with Crippen LogP contribution in [0.15, 0.2) is 54.6 Å². The summed E-state index contributed by atoms with van der Waals surface area (Å²) in [6, 6.07) is 15.8. The summed E-state index contributed by atoms with van der Waals surface area (Å²) in [6.07, 6.45) is 2.88. The van der Waals surface area contributed by atoms with E-state index in [-0.39, 0.29) is 24.9 Å². The number of hydrogen-bond donors (Lipinski definition) is 1. The molecule has 2 aromatic carbocycles. The van der Waals surface area contributed by atoms with Crippen LogP contribution in [-0.4, -0.2) is 43.5 Å². The Hall–Kier alpha value is -3.68. The summed E-state index contributed by atoms with van der Waals surface area (Å²) in [4.78, 5) is 50.8. The van der Waals surface area contributed by atoms with Crippen molar-refractivity contribution in [1.29, 1.82) is 0 Å². The molecule has 2 atom stereocenters. The average Bonchev–Trinajstić information content (AvgIpc) is 3.27. The Bertz CT molecular complexity index is 1020. The normalized spacial score (nSPS) is 16.0. The van der Waals surface area contributed by atoms with Crippen molar-refractivity contribution < 1.29 is 28.7 Å². The largest absolute Gasteiger partial charge is 0.462 e. The quantitative estimate of drug-likeness (QED) is 0.388. The lowest BCUT2D eigenvalue weighted by atomic mass is 10.1. The zero-order chi connectivity index (χ0) is 25.2.